The van der Waals surface area contributed by atoms with Crippen molar-refractivity contribution < 1.29 is 0 Å². The summed E-state index contributed by atoms with van der Waals surface area (Å²) in [6, 6.07) is 18.5. The molecular weight excluding hydrogens is 444 g/mol. The van der Waals surface area contributed by atoms with Crippen LogP contribution >= 0.6 is 0 Å². The first kappa shape index (κ1) is 21.8. The fourth-order valence-electron chi connectivity index (χ4n) is 5.87. The Morgan fingerprint density at radius 2 is 1.39 bits per heavy atom. The number of benzene rings is 2. The summed E-state index contributed by atoms with van der Waals surface area (Å²) in [5.74, 6) is 2.52. The van der Waals surface area contributed by atoms with Gasteiger partial charge in [-0.2, -0.15) is 0 Å². The zero-order valence-corrected chi connectivity index (χ0v) is 20.4. The molecule has 0 spiro atoms. The Bertz CT molecular complexity index is 1470. The molecule has 7 rings (SSSR count). The lowest BCUT2D eigenvalue weighted by molar-refractivity contribution is 0.611. The van der Waals surface area contributed by atoms with Gasteiger partial charge < -0.3 is 20.6 Å². The third kappa shape index (κ3) is 4.10. The van der Waals surface area contributed by atoms with Crippen LogP contribution < -0.4 is 21.3 Å². The van der Waals surface area contributed by atoms with Crippen molar-refractivity contribution in [1.29, 1.82) is 0 Å². The zero-order chi connectivity index (χ0) is 23.9. The molecule has 182 valence electrons. The third-order valence-corrected chi connectivity index (χ3v) is 7.96. The molecule has 0 amide bonds. The highest BCUT2D eigenvalue weighted by Gasteiger charge is 2.21. The van der Waals surface area contributed by atoms with Crippen molar-refractivity contribution in [2.45, 2.75) is 50.1 Å². The van der Waals surface area contributed by atoms with Crippen LogP contribution in [0.25, 0.3) is 34.5 Å². The molecule has 6 heteroatoms. The second kappa shape index (κ2) is 9.19. The summed E-state index contributed by atoms with van der Waals surface area (Å²) in [5, 5.41) is 9.33. The molecule has 2 aromatic carbocycles. The molecule has 1 aliphatic carbocycles. The first-order chi connectivity index (χ1) is 17.8. The molecule has 0 saturated carbocycles. The van der Waals surface area contributed by atoms with E-state index < -0.39 is 0 Å². The third-order valence-electron chi connectivity index (χ3n) is 7.96. The maximum absolute atomic E-state index is 4.85. The first-order valence-electron chi connectivity index (χ1n) is 13.3. The average molecular weight is 477 g/mol. The van der Waals surface area contributed by atoms with Gasteiger partial charge in [0.25, 0.3) is 0 Å². The molecule has 2 saturated heterocycles. The number of aromatic nitrogens is 4. The molecule has 2 aliphatic heterocycles. The van der Waals surface area contributed by atoms with Crippen LogP contribution in [-0.4, -0.2) is 33.0 Å². The smallest absolute Gasteiger partial charge is 0.124 e. The van der Waals surface area contributed by atoms with Gasteiger partial charge in [0.1, 0.15) is 11.6 Å². The van der Waals surface area contributed by atoms with Gasteiger partial charge in [-0.15, -0.1) is 0 Å². The number of nitrogens with zero attached hydrogens (tertiary/aromatic N) is 2. The van der Waals surface area contributed by atoms with Crippen LogP contribution in [0.5, 0.6) is 0 Å². The minimum atomic E-state index is 0.363. The largest absolute Gasteiger partial charge is 0.341 e. The quantitative estimate of drug-likeness (QED) is 0.350. The lowest BCUT2D eigenvalue weighted by Crippen LogP contribution is -2.28. The van der Waals surface area contributed by atoms with E-state index in [1.165, 1.54) is 46.9 Å². The van der Waals surface area contributed by atoms with Gasteiger partial charge in [-0.05, 0) is 67.4 Å². The molecule has 2 fully saturated rings. The standard InChI is InChI=1S/C30H32N6/c1-3-25(31-15-1)29-33-18-28(36-29)22-11-9-20(10-12-22)19-5-7-21(8-6-19)23-13-14-24-27(17-23)35-30(34-24)26-4-2-16-32-26/h5-12,14,17-18,23,25-26,31-32H,1-4,13,15-16H2,(H,33,36)(H,34,35). The summed E-state index contributed by atoms with van der Waals surface area (Å²) < 4.78 is 0. The predicted molar refractivity (Wildman–Crippen MR) is 144 cm³/mol. The fourth-order valence-corrected chi connectivity index (χ4v) is 5.87. The van der Waals surface area contributed by atoms with Gasteiger partial charge in [0.05, 0.1) is 34.7 Å². The molecule has 0 radical (unpaired) electrons. The van der Waals surface area contributed by atoms with E-state index in [0.717, 1.165) is 48.6 Å². The number of hydrogen-bond donors (Lipinski definition) is 4. The minimum absolute atomic E-state index is 0.363. The zero-order valence-electron chi connectivity index (χ0n) is 20.4. The summed E-state index contributed by atoms with van der Waals surface area (Å²) >= 11 is 0. The maximum atomic E-state index is 4.85. The van der Waals surface area contributed by atoms with Crippen molar-refractivity contribution in [1.82, 2.24) is 30.6 Å². The van der Waals surface area contributed by atoms with Crippen LogP contribution in [0.15, 0.2) is 54.7 Å². The molecule has 3 unspecified atom stereocenters. The number of aromatic amines is 2. The van der Waals surface area contributed by atoms with Crippen LogP contribution in [-0.2, 0) is 0 Å². The Morgan fingerprint density at radius 1 is 0.722 bits per heavy atom. The second-order valence-electron chi connectivity index (χ2n) is 10.3. The van der Waals surface area contributed by atoms with Gasteiger partial charge in [0.15, 0.2) is 0 Å². The highest BCUT2D eigenvalue weighted by Crippen LogP contribution is 2.29. The molecule has 3 aliphatic rings. The molecule has 4 heterocycles. The Morgan fingerprint density at radius 3 is 2.08 bits per heavy atom. The Kier molecular flexibility index (Phi) is 5.56. The number of H-pyrrole nitrogens is 2. The van der Waals surface area contributed by atoms with Crippen LogP contribution in [0.2, 0.25) is 0 Å². The first-order valence-corrected chi connectivity index (χ1v) is 13.3. The van der Waals surface area contributed by atoms with Crippen molar-refractivity contribution in [2.24, 2.45) is 0 Å². The molecular formula is C30H32N6. The average Bonchev–Trinajstić information content (AvgIpc) is 3.75. The summed E-state index contributed by atoms with van der Waals surface area (Å²) in [6.07, 6.45) is 12.3. The van der Waals surface area contributed by atoms with Crippen LogP contribution in [0, 0.1) is 0 Å². The Balaban J connectivity index is 1.07. The van der Waals surface area contributed by atoms with E-state index >= 15 is 0 Å². The summed E-state index contributed by atoms with van der Waals surface area (Å²) in [7, 11) is 0. The van der Waals surface area contributed by atoms with Gasteiger partial charge in [-0.1, -0.05) is 60.7 Å². The van der Waals surface area contributed by atoms with Crippen LogP contribution in [0.4, 0.5) is 0 Å². The minimum Gasteiger partial charge on any atom is -0.341 e. The van der Waals surface area contributed by atoms with E-state index in [1.807, 2.05) is 6.20 Å². The van der Waals surface area contributed by atoms with Crippen molar-refractivity contribution >= 4 is 12.2 Å². The number of imidazole rings is 2. The number of rotatable bonds is 5. The number of hydrogen-bond acceptors (Lipinski definition) is 4. The Hall–Kier alpha value is -3.48. The summed E-state index contributed by atoms with van der Waals surface area (Å²) in [4.78, 5) is 16.5. The van der Waals surface area contributed by atoms with E-state index in [2.05, 4.69) is 86.3 Å². The highest BCUT2D eigenvalue weighted by atomic mass is 15.0. The maximum Gasteiger partial charge on any atom is 0.124 e. The fraction of sp³-hybridized carbons (Fsp3) is 0.333. The summed E-state index contributed by atoms with van der Waals surface area (Å²) in [5.41, 5.74) is 6.06. The molecule has 6 nitrogen and oxygen atoms in total. The number of nitrogens with one attached hydrogen (secondary N) is 4. The monoisotopic (exact) mass is 476 g/mol. The molecule has 3 atom stereocenters. The van der Waals surface area contributed by atoms with Crippen molar-refractivity contribution in [3.05, 3.63) is 82.6 Å². The topological polar surface area (TPSA) is 81.4 Å². The van der Waals surface area contributed by atoms with E-state index in [4.69, 9.17) is 4.98 Å². The van der Waals surface area contributed by atoms with Gasteiger partial charge in [-0.3, -0.25) is 0 Å². The van der Waals surface area contributed by atoms with Gasteiger partial charge in [-0.25, -0.2) is 9.97 Å². The predicted octanol–water partition coefficient (Wildman–Crippen LogP) is 4.06. The van der Waals surface area contributed by atoms with E-state index in [0.29, 0.717) is 18.0 Å². The van der Waals surface area contributed by atoms with Crippen molar-refractivity contribution in [3.8, 4) is 22.4 Å². The van der Waals surface area contributed by atoms with E-state index in [-0.39, 0.29) is 0 Å². The Labute approximate surface area is 211 Å². The molecule has 36 heavy (non-hydrogen) atoms. The molecule has 4 aromatic rings. The van der Waals surface area contributed by atoms with Crippen molar-refractivity contribution in [3.63, 3.8) is 0 Å². The lowest BCUT2D eigenvalue weighted by atomic mass is 9.91. The molecule has 2 aromatic heterocycles. The second-order valence-corrected chi connectivity index (χ2v) is 10.3. The van der Waals surface area contributed by atoms with Gasteiger partial charge in [0.2, 0.25) is 0 Å². The van der Waals surface area contributed by atoms with Gasteiger partial charge >= 0.3 is 0 Å². The van der Waals surface area contributed by atoms with E-state index in [9.17, 15) is 0 Å². The van der Waals surface area contributed by atoms with Crippen LogP contribution in [0.1, 0.15) is 67.3 Å². The molecule has 4 N–H and O–H groups in total. The normalized spacial score (nSPS) is 23.3. The lowest BCUT2D eigenvalue weighted by Gasteiger charge is -2.14. The number of fused-ring (bicyclic) bond motifs is 1. The summed E-state index contributed by atoms with van der Waals surface area (Å²) in [6.45, 7) is 2.16. The SMILES string of the molecule is C1=c2nc(C3CCCN3)[nH]c2=CC(c2ccc(-c3ccc(-c4cnc(C5CCCN5)[nH]4)cc3)cc2)C1. The highest BCUT2D eigenvalue weighted by molar-refractivity contribution is 5.69. The molecule has 0 bridgehead atoms. The van der Waals surface area contributed by atoms with Gasteiger partial charge in [0, 0.05) is 5.92 Å². The van der Waals surface area contributed by atoms with Crippen LogP contribution in [0.3, 0.4) is 0 Å². The van der Waals surface area contributed by atoms with E-state index in [1.54, 1.807) is 0 Å². The van der Waals surface area contributed by atoms with Crippen molar-refractivity contribution in [2.75, 3.05) is 13.1 Å².